The van der Waals surface area contributed by atoms with Crippen LogP contribution in [0.1, 0.15) is 35.6 Å². The topological polar surface area (TPSA) is 137 Å². The molecule has 4 N–H and O–H groups in total. The summed E-state index contributed by atoms with van der Waals surface area (Å²) >= 11 is 14.0. The summed E-state index contributed by atoms with van der Waals surface area (Å²) in [5.41, 5.74) is 2.23. The summed E-state index contributed by atoms with van der Waals surface area (Å²) in [6, 6.07) is 16.3. The molecule has 9 nitrogen and oxygen atoms in total. The number of alkyl halides is 1. The van der Waals surface area contributed by atoms with Crippen LogP contribution in [-0.4, -0.2) is 69.8 Å². The second-order valence-electron chi connectivity index (χ2n) is 10.7. The number of nitrogens with zero attached hydrogens (tertiary/aromatic N) is 2. The fourth-order valence-corrected chi connectivity index (χ4v) is 5.56. The second kappa shape index (κ2) is 16.2. The highest BCUT2D eigenvalue weighted by molar-refractivity contribution is 6.32. The van der Waals surface area contributed by atoms with Gasteiger partial charge in [0.1, 0.15) is 41.3 Å². The third-order valence-corrected chi connectivity index (χ3v) is 8.43. The minimum Gasteiger partial charge on any atom is -0.488 e. The normalized spacial score (nSPS) is 19.3. The fraction of sp³-hybridized carbons (Fsp3) is 0.353. The number of halogens is 2. The van der Waals surface area contributed by atoms with E-state index in [2.05, 4.69) is 16.4 Å². The van der Waals surface area contributed by atoms with Crippen LogP contribution in [0.3, 0.4) is 0 Å². The van der Waals surface area contributed by atoms with Crippen molar-refractivity contribution in [3.8, 4) is 17.6 Å². The van der Waals surface area contributed by atoms with Crippen molar-refractivity contribution in [2.75, 3.05) is 33.0 Å². The zero-order valence-electron chi connectivity index (χ0n) is 25.0. The Hall–Kier alpha value is -3.46. The Balaban J connectivity index is 1.57. The molecule has 4 rings (SSSR count). The van der Waals surface area contributed by atoms with Crippen molar-refractivity contribution in [2.45, 2.75) is 43.1 Å². The van der Waals surface area contributed by atoms with Crippen molar-refractivity contribution >= 4 is 28.8 Å². The second-order valence-corrected chi connectivity index (χ2v) is 11.9. The molecule has 1 aromatic heterocycles. The van der Waals surface area contributed by atoms with Crippen molar-refractivity contribution in [3.63, 3.8) is 0 Å². The van der Waals surface area contributed by atoms with E-state index in [9.17, 15) is 20.6 Å². The van der Waals surface area contributed by atoms with Crippen molar-refractivity contribution in [1.29, 1.82) is 5.26 Å². The van der Waals surface area contributed by atoms with Gasteiger partial charge in [-0.25, -0.2) is 0 Å². The summed E-state index contributed by atoms with van der Waals surface area (Å²) in [5, 5.41) is 41.2. The van der Waals surface area contributed by atoms with E-state index < -0.39 is 16.5 Å². The summed E-state index contributed by atoms with van der Waals surface area (Å²) in [4.78, 5) is 3.00. The number of hydrogen-bond acceptors (Lipinski definition) is 9. The Bertz CT molecular complexity index is 1520. The molecule has 2 aromatic carbocycles. The Labute approximate surface area is 273 Å². The average Bonchev–Trinajstić information content (AvgIpc) is 3.06. The van der Waals surface area contributed by atoms with Gasteiger partial charge in [-0.05, 0) is 49.2 Å². The van der Waals surface area contributed by atoms with E-state index in [1.54, 1.807) is 24.4 Å². The summed E-state index contributed by atoms with van der Waals surface area (Å²) < 4.78 is 18.9. The van der Waals surface area contributed by atoms with Crippen molar-refractivity contribution in [3.05, 3.63) is 106 Å². The van der Waals surface area contributed by atoms with E-state index in [1.807, 2.05) is 55.5 Å². The molecule has 0 saturated heterocycles. The molecule has 0 bridgehead atoms. The first-order valence-corrected chi connectivity index (χ1v) is 15.3. The van der Waals surface area contributed by atoms with Crippen LogP contribution >= 0.6 is 23.2 Å². The third-order valence-electron chi connectivity index (χ3n) is 7.61. The molecule has 1 aliphatic carbocycles. The van der Waals surface area contributed by atoms with Gasteiger partial charge in [0, 0.05) is 36.2 Å². The number of aliphatic hydroxyl groups excluding tert-OH is 3. The van der Waals surface area contributed by atoms with E-state index in [-0.39, 0.29) is 38.1 Å². The zero-order chi connectivity index (χ0) is 32.3. The molecule has 0 aliphatic heterocycles. The number of aromatic nitrogens is 1. The van der Waals surface area contributed by atoms with Crippen LogP contribution in [0.2, 0.25) is 5.02 Å². The Morgan fingerprint density at radius 3 is 2.53 bits per heavy atom. The molecular formula is C34H37Cl2N3O6. The van der Waals surface area contributed by atoms with Gasteiger partial charge in [0.15, 0.2) is 0 Å². The number of pyridine rings is 1. The molecule has 0 saturated carbocycles. The Kier molecular flexibility index (Phi) is 12.4. The number of hydrogen-bond donors (Lipinski definition) is 4. The molecule has 2 unspecified atom stereocenters. The van der Waals surface area contributed by atoms with Gasteiger partial charge in [-0.15, -0.1) is 11.6 Å². The van der Waals surface area contributed by atoms with Gasteiger partial charge < -0.3 is 34.8 Å². The standard InChI is InChI=1S/C34H37Cl2N3O6/c1-33(36)29(26-7-3-2-4-8-26)9-5-10-34(33,45-12-6-11-39-28(20-41)21-42)23-44-32-15-31(27(19-40)14-30(32)35)43-22-25-13-24(16-37)17-38-18-25/h2-5,7-10,13-15,17-18,28,39-42H,6,11-12,19-23H2,1H3. The van der Waals surface area contributed by atoms with Crippen molar-refractivity contribution in [1.82, 2.24) is 10.3 Å². The number of benzene rings is 2. The highest BCUT2D eigenvalue weighted by atomic mass is 35.5. The Morgan fingerprint density at radius 2 is 1.82 bits per heavy atom. The van der Waals surface area contributed by atoms with E-state index in [4.69, 9.17) is 37.4 Å². The van der Waals surface area contributed by atoms with Gasteiger partial charge >= 0.3 is 0 Å². The molecule has 0 fully saturated rings. The first-order chi connectivity index (χ1) is 21.8. The summed E-state index contributed by atoms with van der Waals surface area (Å²) in [7, 11) is 0. The molecule has 3 aromatic rings. The maximum atomic E-state index is 9.98. The van der Waals surface area contributed by atoms with Gasteiger partial charge in [0.25, 0.3) is 0 Å². The summed E-state index contributed by atoms with van der Waals surface area (Å²) in [6.45, 7) is 2.14. The number of nitriles is 1. The fourth-order valence-electron chi connectivity index (χ4n) is 4.97. The maximum absolute atomic E-state index is 9.98. The van der Waals surface area contributed by atoms with Crippen LogP contribution in [0.5, 0.6) is 11.5 Å². The number of allylic oxidation sites excluding steroid dienone is 2. The smallest absolute Gasteiger partial charge is 0.143 e. The van der Waals surface area contributed by atoms with Crippen LogP contribution in [0.25, 0.3) is 5.57 Å². The van der Waals surface area contributed by atoms with Crippen LogP contribution in [-0.2, 0) is 18.0 Å². The summed E-state index contributed by atoms with van der Waals surface area (Å²) in [5.74, 6) is 0.670. The van der Waals surface area contributed by atoms with Gasteiger partial charge in [-0.3, -0.25) is 4.98 Å². The maximum Gasteiger partial charge on any atom is 0.143 e. The molecule has 1 heterocycles. The SMILES string of the molecule is CC1(Cl)C(c2ccccc2)=CC=CC1(COc1cc(OCc2cncc(C#N)c2)c(CO)cc1Cl)OCCCNC(CO)CO. The van der Waals surface area contributed by atoms with Crippen LogP contribution in [0.4, 0.5) is 0 Å². The number of nitrogens with one attached hydrogen (secondary N) is 1. The number of aliphatic hydroxyl groups is 3. The molecular weight excluding hydrogens is 617 g/mol. The lowest BCUT2D eigenvalue weighted by atomic mass is 9.76. The lowest BCUT2D eigenvalue weighted by Gasteiger charge is -2.45. The molecule has 45 heavy (non-hydrogen) atoms. The zero-order valence-corrected chi connectivity index (χ0v) is 26.5. The molecule has 238 valence electrons. The van der Waals surface area contributed by atoms with Gasteiger partial charge in [-0.2, -0.15) is 5.26 Å². The minimum atomic E-state index is -1.13. The van der Waals surface area contributed by atoms with Crippen LogP contribution in [0, 0.1) is 11.3 Å². The van der Waals surface area contributed by atoms with E-state index >= 15 is 0 Å². The van der Waals surface area contributed by atoms with E-state index in [0.29, 0.717) is 47.8 Å². The largest absolute Gasteiger partial charge is 0.488 e. The van der Waals surface area contributed by atoms with Crippen LogP contribution in [0.15, 0.2) is 79.2 Å². The highest BCUT2D eigenvalue weighted by Gasteiger charge is 2.51. The molecule has 2 atom stereocenters. The predicted octanol–water partition coefficient (Wildman–Crippen LogP) is 4.80. The van der Waals surface area contributed by atoms with Crippen LogP contribution < -0.4 is 14.8 Å². The minimum absolute atomic E-state index is 0.0111. The Morgan fingerprint density at radius 1 is 1.04 bits per heavy atom. The predicted molar refractivity (Wildman–Crippen MR) is 173 cm³/mol. The van der Waals surface area contributed by atoms with Crippen molar-refractivity contribution < 1.29 is 29.5 Å². The average molecular weight is 655 g/mol. The van der Waals surface area contributed by atoms with Crippen molar-refractivity contribution in [2.24, 2.45) is 0 Å². The summed E-state index contributed by atoms with van der Waals surface area (Å²) in [6.07, 6.45) is 9.39. The first-order valence-electron chi connectivity index (χ1n) is 14.5. The monoisotopic (exact) mass is 653 g/mol. The van der Waals surface area contributed by atoms with Gasteiger partial charge in [0.05, 0.1) is 36.4 Å². The third kappa shape index (κ3) is 8.43. The molecule has 1 aliphatic rings. The van der Waals surface area contributed by atoms with Gasteiger partial charge in [-0.1, -0.05) is 54.1 Å². The van der Waals surface area contributed by atoms with E-state index in [0.717, 1.165) is 11.1 Å². The molecule has 11 heteroatoms. The molecule has 0 spiro atoms. The lowest BCUT2D eigenvalue weighted by Crippen LogP contribution is -2.55. The lowest BCUT2D eigenvalue weighted by molar-refractivity contribution is -0.0526. The van der Waals surface area contributed by atoms with E-state index in [1.165, 1.54) is 6.20 Å². The number of rotatable bonds is 16. The first kappa shape index (κ1) is 34.4. The number of ether oxygens (including phenoxy) is 3. The van der Waals surface area contributed by atoms with Gasteiger partial charge in [0.2, 0.25) is 0 Å². The quantitative estimate of drug-likeness (QED) is 0.127. The highest BCUT2D eigenvalue weighted by Crippen LogP contribution is 2.47. The molecule has 0 radical (unpaired) electrons. The molecule has 0 amide bonds.